The average molecular weight is 238 g/mol. The SMILES string of the molecule is COCCCNc1nccn1C1CCN(C)C1. The summed E-state index contributed by atoms with van der Waals surface area (Å²) in [5, 5.41) is 3.37. The van der Waals surface area contributed by atoms with E-state index in [1.54, 1.807) is 7.11 Å². The summed E-state index contributed by atoms with van der Waals surface area (Å²) < 4.78 is 7.29. The lowest BCUT2D eigenvalue weighted by Crippen LogP contribution is -2.18. The van der Waals surface area contributed by atoms with Gasteiger partial charge in [-0.3, -0.25) is 0 Å². The molecule has 2 heterocycles. The molecule has 0 amide bonds. The highest BCUT2D eigenvalue weighted by atomic mass is 16.5. The van der Waals surface area contributed by atoms with Crippen LogP contribution < -0.4 is 5.32 Å². The third kappa shape index (κ3) is 3.20. The molecule has 1 saturated heterocycles. The van der Waals surface area contributed by atoms with Crippen molar-refractivity contribution in [1.82, 2.24) is 14.5 Å². The van der Waals surface area contributed by atoms with Gasteiger partial charge in [0.25, 0.3) is 0 Å². The lowest BCUT2D eigenvalue weighted by molar-refractivity contribution is 0.197. The van der Waals surface area contributed by atoms with Gasteiger partial charge in [-0.2, -0.15) is 0 Å². The normalized spacial score (nSPS) is 20.9. The largest absolute Gasteiger partial charge is 0.385 e. The number of hydrogen-bond donors (Lipinski definition) is 1. The van der Waals surface area contributed by atoms with Crippen molar-refractivity contribution in [3.63, 3.8) is 0 Å². The van der Waals surface area contributed by atoms with Crippen molar-refractivity contribution in [3.8, 4) is 0 Å². The summed E-state index contributed by atoms with van der Waals surface area (Å²) in [5.41, 5.74) is 0. The molecule has 0 saturated carbocycles. The van der Waals surface area contributed by atoms with E-state index in [1.807, 2.05) is 6.20 Å². The molecule has 17 heavy (non-hydrogen) atoms. The van der Waals surface area contributed by atoms with Gasteiger partial charge in [-0.25, -0.2) is 4.98 Å². The van der Waals surface area contributed by atoms with Crippen molar-refractivity contribution < 1.29 is 4.74 Å². The Hall–Kier alpha value is -1.07. The highest BCUT2D eigenvalue weighted by molar-refractivity contribution is 5.26. The van der Waals surface area contributed by atoms with Gasteiger partial charge in [0.05, 0.1) is 6.04 Å². The zero-order valence-electron chi connectivity index (χ0n) is 10.7. The Kier molecular flexibility index (Phi) is 4.39. The van der Waals surface area contributed by atoms with Crippen molar-refractivity contribution in [1.29, 1.82) is 0 Å². The molecule has 0 aromatic carbocycles. The Balaban J connectivity index is 1.88. The van der Waals surface area contributed by atoms with Crippen LogP contribution in [0.3, 0.4) is 0 Å². The third-order valence-corrected chi connectivity index (χ3v) is 3.24. The van der Waals surface area contributed by atoms with Crippen LogP contribution in [0.2, 0.25) is 0 Å². The van der Waals surface area contributed by atoms with Gasteiger partial charge < -0.3 is 19.5 Å². The van der Waals surface area contributed by atoms with E-state index in [4.69, 9.17) is 4.74 Å². The van der Waals surface area contributed by atoms with E-state index >= 15 is 0 Å². The van der Waals surface area contributed by atoms with Crippen molar-refractivity contribution in [3.05, 3.63) is 12.4 Å². The molecule has 2 rings (SSSR count). The van der Waals surface area contributed by atoms with Crippen LogP contribution in [-0.2, 0) is 4.74 Å². The van der Waals surface area contributed by atoms with Gasteiger partial charge in [0.1, 0.15) is 0 Å². The monoisotopic (exact) mass is 238 g/mol. The topological polar surface area (TPSA) is 42.3 Å². The number of aromatic nitrogens is 2. The van der Waals surface area contributed by atoms with Crippen LogP contribution in [-0.4, -0.2) is 54.8 Å². The molecule has 5 heteroatoms. The highest BCUT2D eigenvalue weighted by Gasteiger charge is 2.22. The Bertz CT molecular complexity index is 339. The summed E-state index contributed by atoms with van der Waals surface area (Å²) in [6.45, 7) is 3.99. The van der Waals surface area contributed by atoms with E-state index in [-0.39, 0.29) is 0 Å². The van der Waals surface area contributed by atoms with Crippen molar-refractivity contribution >= 4 is 5.95 Å². The van der Waals surface area contributed by atoms with Crippen molar-refractivity contribution in [2.24, 2.45) is 0 Å². The fraction of sp³-hybridized carbons (Fsp3) is 0.750. The summed E-state index contributed by atoms with van der Waals surface area (Å²) in [4.78, 5) is 6.74. The second-order valence-electron chi connectivity index (χ2n) is 4.64. The number of likely N-dealkylation sites (tertiary alicyclic amines) is 1. The second-order valence-corrected chi connectivity index (χ2v) is 4.64. The molecule has 1 aliphatic rings. The zero-order valence-corrected chi connectivity index (χ0v) is 10.7. The number of anilines is 1. The molecule has 1 atom stereocenters. The average Bonchev–Trinajstić information content (AvgIpc) is 2.93. The lowest BCUT2D eigenvalue weighted by Gasteiger charge is -2.16. The van der Waals surface area contributed by atoms with E-state index in [0.717, 1.165) is 32.1 Å². The molecule has 0 bridgehead atoms. The maximum Gasteiger partial charge on any atom is 0.203 e. The fourth-order valence-electron chi connectivity index (χ4n) is 2.30. The maximum atomic E-state index is 5.03. The first-order valence-corrected chi connectivity index (χ1v) is 6.25. The molecular weight excluding hydrogens is 216 g/mol. The molecule has 1 aromatic heterocycles. The predicted molar refractivity (Wildman–Crippen MR) is 68.4 cm³/mol. The first-order chi connectivity index (χ1) is 8.31. The standard InChI is InChI=1S/C12H22N4O/c1-15-7-4-11(10-15)16-8-6-14-12(16)13-5-3-9-17-2/h6,8,11H,3-5,7,9-10H2,1-2H3,(H,13,14). The van der Waals surface area contributed by atoms with Gasteiger partial charge in [-0.1, -0.05) is 0 Å². The van der Waals surface area contributed by atoms with E-state index in [9.17, 15) is 0 Å². The molecule has 0 aliphatic carbocycles. The number of hydrogen-bond acceptors (Lipinski definition) is 4. The summed E-state index contributed by atoms with van der Waals surface area (Å²) in [6, 6.07) is 0.562. The zero-order chi connectivity index (χ0) is 12.1. The number of nitrogens with zero attached hydrogens (tertiary/aromatic N) is 3. The van der Waals surface area contributed by atoms with Crippen LogP contribution in [0.5, 0.6) is 0 Å². The van der Waals surface area contributed by atoms with Crippen LogP contribution in [0.25, 0.3) is 0 Å². The molecule has 1 aliphatic heterocycles. The predicted octanol–water partition coefficient (Wildman–Crippen LogP) is 1.21. The van der Waals surface area contributed by atoms with E-state index in [1.165, 1.54) is 13.0 Å². The Morgan fingerprint density at radius 2 is 2.47 bits per heavy atom. The summed E-state index contributed by atoms with van der Waals surface area (Å²) in [5.74, 6) is 0.987. The van der Waals surface area contributed by atoms with Gasteiger partial charge in [0.15, 0.2) is 0 Å². The minimum Gasteiger partial charge on any atom is -0.385 e. The molecule has 0 spiro atoms. The Morgan fingerprint density at radius 3 is 3.18 bits per heavy atom. The van der Waals surface area contributed by atoms with Gasteiger partial charge in [0, 0.05) is 39.2 Å². The maximum absolute atomic E-state index is 5.03. The Labute approximate surface area is 103 Å². The molecule has 1 fully saturated rings. The number of rotatable bonds is 6. The van der Waals surface area contributed by atoms with Gasteiger partial charge in [-0.15, -0.1) is 0 Å². The van der Waals surface area contributed by atoms with Crippen LogP contribution >= 0.6 is 0 Å². The fourth-order valence-corrected chi connectivity index (χ4v) is 2.30. The van der Waals surface area contributed by atoms with E-state index in [0.29, 0.717) is 6.04 Å². The van der Waals surface area contributed by atoms with Crippen LogP contribution in [0.4, 0.5) is 5.95 Å². The molecule has 96 valence electrons. The smallest absolute Gasteiger partial charge is 0.203 e. The molecule has 5 nitrogen and oxygen atoms in total. The summed E-state index contributed by atoms with van der Waals surface area (Å²) >= 11 is 0. The number of imidazole rings is 1. The van der Waals surface area contributed by atoms with Crippen LogP contribution in [0, 0.1) is 0 Å². The van der Waals surface area contributed by atoms with Gasteiger partial charge >= 0.3 is 0 Å². The summed E-state index contributed by atoms with van der Waals surface area (Å²) in [6.07, 6.45) is 6.16. The summed E-state index contributed by atoms with van der Waals surface area (Å²) in [7, 11) is 3.90. The number of ether oxygens (including phenoxy) is 1. The number of nitrogens with one attached hydrogen (secondary N) is 1. The quantitative estimate of drug-likeness (QED) is 0.756. The number of methoxy groups -OCH3 is 1. The molecule has 1 unspecified atom stereocenters. The molecule has 1 N–H and O–H groups in total. The minimum absolute atomic E-state index is 0.562. The molecular formula is C12H22N4O. The lowest BCUT2D eigenvalue weighted by atomic mass is 10.2. The minimum atomic E-state index is 0.562. The first kappa shape index (κ1) is 12.4. The van der Waals surface area contributed by atoms with Crippen molar-refractivity contribution in [2.45, 2.75) is 18.9 Å². The Morgan fingerprint density at radius 1 is 1.59 bits per heavy atom. The van der Waals surface area contributed by atoms with Crippen molar-refractivity contribution in [2.75, 3.05) is 45.7 Å². The van der Waals surface area contributed by atoms with E-state index < -0.39 is 0 Å². The highest BCUT2D eigenvalue weighted by Crippen LogP contribution is 2.23. The first-order valence-electron chi connectivity index (χ1n) is 6.25. The molecule has 1 aromatic rings. The second kappa shape index (κ2) is 6.02. The third-order valence-electron chi connectivity index (χ3n) is 3.24. The number of likely N-dealkylation sites (N-methyl/N-ethyl adjacent to an activating group) is 1. The van der Waals surface area contributed by atoms with Crippen LogP contribution in [0.15, 0.2) is 12.4 Å². The van der Waals surface area contributed by atoms with Gasteiger partial charge in [-0.05, 0) is 26.4 Å². The van der Waals surface area contributed by atoms with Crippen LogP contribution in [0.1, 0.15) is 18.9 Å². The molecule has 0 radical (unpaired) electrons. The van der Waals surface area contributed by atoms with E-state index in [2.05, 4.69) is 33.0 Å². The van der Waals surface area contributed by atoms with Gasteiger partial charge in [0.2, 0.25) is 5.95 Å².